The highest BCUT2D eigenvalue weighted by atomic mass is 16.3. The molecule has 0 aromatic rings. The Bertz CT molecular complexity index is 947. The highest BCUT2D eigenvalue weighted by molar-refractivity contribution is 5.76. The van der Waals surface area contributed by atoms with Crippen LogP contribution in [0.1, 0.15) is 341 Å². The number of hydrogen-bond acceptors (Lipinski definition) is 3. The zero-order valence-electron chi connectivity index (χ0n) is 44.5. The molecule has 386 valence electrons. The van der Waals surface area contributed by atoms with Crippen molar-refractivity contribution in [3.05, 3.63) is 24.3 Å². The van der Waals surface area contributed by atoms with E-state index in [9.17, 15) is 15.0 Å². The number of nitrogens with one attached hydrogen (secondary N) is 1. The van der Waals surface area contributed by atoms with Gasteiger partial charge in [0.25, 0.3) is 0 Å². The molecule has 0 aromatic carbocycles. The van der Waals surface area contributed by atoms with E-state index in [1.165, 1.54) is 283 Å². The molecule has 0 bridgehead atoms. The van der Waals surface area contributed by atoms with E-state index in [-0.39, 0.29) is 12.5 Å². The minimum Gasteiger partial charge on any atom is -0.394 e. The van der Waals surface area contributed by atoms with Gasteiger partial charge in [-0.3, -0.25) is 4.79 Å². The summed E-state index contributed by atoms with van der Waals surface area (Å²) in [4.78, 5) is 12.5. The molecule has 1 amide bonds. The van der Waals surface area contributed by atoms with Gasteiger partial charge in [0, 0.05) is 6.42 Å². The Hall–Kier alpha value is -1.13. The van der Waals surface area contributed by atoms with Crippen molar-refractivity contribution < 1.29 is 15.0 Å². The molecule has 0 aliphatic heterocycles. The standard InChI is InChI=1S/C61H119NO3/c1-3-5-7-9-11-13-15-17-19-21-23-24-25-26-27-28-29-30-31-32-33-34-35-36-37-38-39-41-43-45-47-49-51-53-55-57-61(65)62-59(58-63)60(64)56-54-52-50-48-46-44-42-40-22-20-18-16-14-12-10-8-6-4-2/h25-26,28-29,59-60,63-64H,3-24,27,30-58H2,1-2H3,(H,62,65)/b26-25-,29-28-. The Kier molecular flexibility index (Phi) is 56.2. The van der Waals surface area contributed by atoms with Gasteiger partial charge in [-0.25, -0.2) is 0 Å². The third-order valence-electron chi connectivity index (χ3n) is 14.2. The zero-order valence-corrected chi connectivity index (χ0v) is 44.5. The maximum atomic E-state index is 12.5. The van der Waals surface area contributed by atoms with Crippen molar-refractivity contribution >= 4 is 5.91 Å². The molecule has 0 saturated heterocycles. The van der Waals surface area contributed by atoms with Crippen molar-refractivity contribution in [2.24, 2.45) is 0 Å². The smallest absolute Gasteiger partial charge is 0.220 e. The zero-order chi connectivity index (χ0) is 47.0. The highest BCUT2D eigenvalue weighted by Gasteiger charge is 2.20. The maximum absolute atomic E-state index is 12.5. The molecular formula is C61H119NO3. The molecule has 0 radical (unpaired) electrons. The van der Waals surface area contributed by atoms with Crippen LogP contribution in [0.25, 0.3) is 0 Å². The number of unbranched alkanes of at least 4 members (excludes halogenated alkanes) is 45. The van der Waals surface area contributed by atoms with Crippen LogP contribution in [0.3, 0.4) is 0 Å². The number of hydrogen-bond donors (Lipinski definition) is 3. The SMILES string of the molecule is CCCCCCCCCCCCC/C=C\C/C=C\CCCCCCCCCCCCCCCCCCCC(=O)NC(CO)C(O)CCCCCCCCCCCCCCCCCCCC. The maximum Gasteiger partial charge on any atom is 0.220 e. The first kappa shape index (κ1) is 63.9. The van der Waals surface area contributed by atoms with Crippen molar-refractivity contribution in [1.82, 2.24) is 5.32 Å². The topological polar surface area (TPSA) is 69.6 Å². The average molecular weight is 915 g/mol. The number of carbonyl (C=O) groups excluding carboxylic acids is 1. The van der Waals surface area contributed by atoms with Gasteiger partial charge in [0.1, 0.15) is 0 Å². The van der Waals surface area contributed by atoms with Crippen molar-refractivity contribution in [2.75, 3.05) is 6.61 Å². The van der Waals surface area contributed by atoms with Crippen LogP contribution in [-0.4, -0.2) is 34.9 Å². The molecule has 4 heteroatoms. The van der Waals surface area contributed by atoms with Gasteiger partial charge in [0.15, 0.2) is 0 Å². The quantitative estimate of drug-likeness (QED) is 0.0421. The molecule has 2 atom stereocenters. The minimum absolute atomic E-state index is 0.0252. The summed E-state index contributed by atoms with van der Waals surface area (Å²) in [6.07, 6.45) is 76.2. The average Bonchev–Trinajstić information content (AvgIpc) is 3.31. The first-order valence-corrected chi connectivity index (χ1v) is 30.0. The predicted molar refractivity (Wildman–Crippen MR) is 290 cm³/mol. The van der Waals surface area contributed by atoms with Gasteiger partial charge in [-0.15, -0.1) is 0 Å². The Labute approximate surface area is 409 Å². The molecule has 0 aliphatic rings. The fourth-order valence-corrected chi connectivity index (χ4v) is 9.63. The van der Waals surface area contributed by atoms with Gasteiger partial charge in [-0.2, -0.15) is 0 Å². The fourth-order valence-electron chi connectivity index (χ4n) is 9.63. The van der Waals surface area contributed by atoms with Gasteiger partial charge in [0.05, 0.1) is 18.8 Å². The van der Waals surface area contributed by atoms with Gasteiger partial charge < -0.3 is 15.5 Å². The van der Waals surface area contributed by atoms with Gasteiger partial charge in [-0.1, -0.05) is 314 Å². The number of aliphatic hydroxyl groups excluding tert-OH is 2. The molecule has 0 aromatic heterocycles. The van der Waals surface area contributed by atoms with E-state index >= 15 is 0 Å². The van der Waals surface area contributed by atoms with Crippen LogP contribution >= 0.6 is 0 Å². The summed E-state index contributed by atoms with van der Waals surface area (Å²) in [5.41, 5.74) is 0. The monoisotopic (exact) mass is 914 g/mol. The molecule has 0 aliphatic carbocycles. The number of carbonyl (C=O) groups is 1. The lowest BCUT2D eigenvalue weighted by Crippen LogP contribution is -2.45. The molecular weight excluding hydrogens is 795 g/mol. The van der Waals surface area contributed by atoms with E-state index < -0.39 is 12.1 Å². The van der Waals surface area contributed by atoms with Crippen LogP contribution in [0, 0.1) is 0 Å². The summed E-state index contributed by atoms with van der Waals surface area (Å²) < 4.78 is 0. The van der Waals surface area contributed by atoms with E-state index in [0.717, 1.165) is 32.1 Å². The summed E-state index contributed by atoms with van der Waals surface area (Å²) in [5, 5.41) is 23.3. The Morgan fingerprint density at radius 1 is 0.369 bits per heavy atom. The van der Waals surface area contributed by atoms with Crippen molar-refractivity contribution in [3.63, 3.8) is 0 Å². The second-order valence-corrected chi connectivity index (χ2v) is 20.8. The number of amides is 1. The molecule has 0 fully saturated rings. The lowest BCUT2D eigenvalue weighted by molar-refractivity contribution is -0.123. The second-order valence-electron chi connectivity index (χ2n) is 20.8. The minimum atomic E-state index is -0.658. The molecule has 0 saturated carbocycles. The summed E-state index contributed by atoms with van der Waals surface area (Å²) in [6, 6.07) is -0.534. The normalized spacial score (nSPS) is 12.9. The van der Waals surface area contributed by atoms with E-state index in [0.29, 0.717) is 12.8 Å². The lowest BCUT2D eigenvalue weighted by atomic mass is 10.0. The van der Waals surface area contributed by atoms with Crippen LogP contribution in [0.5, 0.6) is 0 Å². The van der Waals surface area contributed by atoms with Gasteiger partial charge >= 0.3 is 0 Å². The van der Waals surface area contributed by atoms with Crippen LogP contribution in [-0.2, 0) is 4.79 Å². The Balaban J connectivity index is 3.40. The molecule has 4 nitrogen and oxygen atoms in total. The summed E-state index contributed by atoms with van der Waals surface area (Å²) in [7, 11) is 0. The molecule has 3 N–H and O–H groups in total. The van der Waals surface area contributed by atoms with E-state index in [1.807, 2.05) is 0 Å². The van der Waals surface area contributed by atoms with Crippen LogP contribution < -0.4 is 5.32 Å². The fraction of sp³-hybridized carbons (Fsp3) is 0.918. The number of allylic oxidation sites excluding steroid dienone is 4. The van der Waals surface area contributed by atoms with Crippen molar-refractivity contribution in [3.8, 4) is 0 Å². The highest BCUT2D eigenvalue weighted by Crippen LogP contribution is 2.18. The number of rotatable bonds is 56. The first-order chi connectivity index (χ1) is 32.2. The van der Waals surface area contributed by atoms with E-state index in [2.05, 4.69) is 43.5 Å². The van der Waals surface area contributed by atoms with E-state index in [1.54, 1.807) is 0 Å². The van der Waals surface area contributed by atoms with Gasteiger partial charge in [-0.05, 0) is 44.9 Å². The van der Waals surface area contributed by atoms with Gasteiger partial charge in [0.2, 0.25) is 5.91 Å². The lowest BCUT2D eigenvalue weighted by Gasteiger charge is -2.22. The molecule has 65 heavy (non-hydrogen) atoms. The molecule has 0 rings (SSSR count). The molecule has 0 spiro atoms. The predicted octanol–water partition coefficient (Wildman–Crippen LogP) is 19.9. The van der Waals surface area contributed by atoms with Crippen molar-refractivity contribution in [2.45, 2.75) is 353 Å². The third-order valence-corrected chi connectivity index (χ3v) is 14.2. The molecule has 0 heterocycles. The van der Waals surface area contributed by atoms with Crippen molar-refractivity contribution in [1.29, 1.82) is 0 Å². The summed E-state index contributed by atoms with van der Waals surface area (Å²) in [6.45, 7) is 4.40. The second kappa shape index (κ2) is 57.2. The first-order valence-electron chi connectivity index (χ1n) is 30.0. The third kappa shape index (κ3) is 53.7. The van der Waals surface area contributed by atoms with Crippen LogP contribution in [0.15, 0.2) is 24.3 Å². The summed E-state index contributed by atoms with van der Waals surface area (Å²) >= 11 is 0. The largest absolute Gasteiger partial charge is 0.394 e. The summed E-state index contributed by atoms with van der Waals surface area (Å²) in [5.74, 6) is -0.0252. The number of aliphatic hydroxyl groups is 2. The Morgan fingerprint density at radius 2 is 0.631 bits per heavy atom. The van der Waals surface area contributed by atoms with Crippen LogP contribution in [0.4, 0.5) is 0 Å². The van der Waals surface area contributed by atoms with E-state index in [4.69, 9.17) is 0 Å². The Morgan fingerprint density at radius 3 is 0.923 bits per heavy atom. The molecule has 2 unspecified atom stereocenters. The van der Waals surface area contributed by atoms with Crippen LogP contribution in [0.2, 0.25) is 0 Å².